The smallest absolute Gasteiger partial charge is 0.230 e. The number of rotatable bonds is 4. The number of fused-ring (bicyclic) bond motifs is 1. The van der Waals surface area contributed by atoms with E-state index in [1.807, 2.05) is 42.6 Å². The molecule has 3 aromatic rings. The van der Waals surface area contributed by atoms with E-state index in [4.69, 9.17) is 0 Å². The van der Waals surface area contributed by atoms with Gasteiger partial charge in [-0.2, -0.15) is 5.10 Å². The van der Waals surface area contributed by atoms with Gasteiger partial charge in [0.1, 0.15) is 0 Å². The monoisotopic (exact) mass is 334 g/mol. The zero-order chi connectivity index (χ0) is 17.1. The average molecular weight is 334 g/mol. The number of nitrogens with zero attached hydrogens (tertiary/aromatic N) is 2. The van der Waals surface area contributed by atoms with Crippen LogP contribution in [0.4, 0.5) is 5.82 Å². The summed E-state index contributed by atoms with van der Waals surface area (Å²) in [6.45, 7) is 0. The number of benzene rings is 1. The Bertz CT molecular complexity index is 863. The number of H-pyrrole nitrogens is 1. The number of amides is 1. The molecule has 1 amide bonds. The topological polar surface area (TPSA) is 70.7 Å². The Hall–Kier alpha value is -2.69. The van der Waals surface area contributed by atoms with E-state index < -0.39 is 0 Å². The molecule has 5 heteroatoms. The molecule has 0 aliphatic heterocycles. The molecule has 0 saturated heterocycles. The molecule has 1 fully saturated rings. The molecule has 1 aromatic carbocycles. The third-order valence-electron chi connectivity index (χ3n) is 5.00. The van der Waals surface area contributed by atoms with Crippen LogP contribution in [0.5, 0.6) is 0 Å². The number of aromatic amines is 1. The summed E-state index contributed by atoms with van der Waals surface area (Å²) >= 11 is 0. The van der Waals surface area contributed by atoms with Gasteiger partial charge in [-0.05, 0) is 36.6 Å². The first-order valence-electron chi connectivity index (χ1n) is 8.98. The molecule has 0 unspecified atom stereocenters. The third-order valence-corrected chi connectivity index (χ3v) is 5.00. The van der Waals surface area contributed by atoms with Gasteiger partial charge >= 0.3 is 0 Å². The van der Waals surface area contributed by atoms with Crippen molar-refractivity contribution < 1.29 is 4.79 Å². The second-order valence-corrected chi connectivity index (χ2v) is 6.76. The van der Waals surface area contributed by atoms with Crippen molar-refractivity contribution in [2.45, 2.75) is 44.4 Å². The number of nitrogens with one attached hydrogen (secondary N) is 2. The van der Waals surface area contributed by atoms with Gasteiger partial charge in [-0.1, -0.05) is 37.5 Å². The van der Waals surface area contributed by atoms with Crippen molar-refractivity contribution in [1.29, 1.82) is 0 Å². The zero-order valence-electron chi connectivity index (χ0n) is 14.2. The predicted octanol–water partition coefficient (Wildman–Crippen LogP) is 4.19. The van der Waals surface area contributed by atoms with Gasteiger partial charge in [0.2, 0.25) is 5.91 Å². The van der Waals surface area contributed by atoms with Crippen LogP contribution in [0, 0.1) is 0 Å². The second-order valence-electron chi connectivity index (χ2n) is 6.76. The van der Waals surface area contributed by atoms with Crippen molar-refractivity contribution in [3.63, 3.8) is 0 Å². The summed E-state index contributed by atoms with van der Waals surface area (Å²) < 4.78 is 0. The SMILES string of the molecule is O=C(Cc1c[nH]c2ccccc12)Nc1ccc(C2CCCCC2)nn1. The summed E-state index contributed by atoms with van der Waals surface area (Å²) in [5.41, 5.74) is 3.08. The fourth-order valence-electron chi connectivity index (χ4n) is 3.66. The van der Waals surface area contributed by atoms with Crippen LogP contribution in [0.15, 0.2) is 42.6 Å². The van der Waals surface area contributed by atoms with E-state index in [1.54, 1.807) is 0 Å². The van der Waals surface area contributed by atoms with Crippen LogP contribution in [0.25, 0.3) is 10.9 Å². The molecule has 2 N–H and O–H groups in total. The van der Waals surface area contributed by atoms with Gasteiger partial charge in [-0.15, -0.1) is 5.10 Å². The fourth-order valence-corrected chi connectivity index (χ4v) is 3.66. The average Bonchev–Trinajstić information content (AvgIpc) is 3.06. The van der Waals surface area contributed by atoms with Crippen molar-refractivity contribution in [2.75, 3.05) is 5.32 Å². The van der Waals surface area contributed by atoms with Gasteiger partial charge in [0.05, 0.1) is 12.1 Å². The first-order valence-corrected chi connectivity index (χ1v) is 8.98. The zero-order valence-corrected chi connectivity index (χ0v) is 14.2. The van der Waals surface area contributed by atoms with Crippen molar-refractivity contribution in [1.82, 2.24) is 15.2 Å². The van der Waals surface area contributed by atoms with E-state index in [0.29, 0.717) is 18.2 Å². The van der Waals surface area contributed by atoms with Crippen LogP contribution in [-0.4, -0.2) is 21.1 Å². The number of anilines is 1. The molecule has 2 aromatic heterocycles. The number of carbonyl (C=O) groups is 1. The lowest BCUT2D eigenvalue weighted by molar-refractivity contribution is -0.115. The highest BCUT2D eigenvalue weighted by atomic mass is 16.1. The highest BCUT2D eigenvalue weighted by Gasteiger charge is 2.17. The van der Waals surface area contributed by atoms with Gasteiger partial charge in [0.25, 0.3) is 0 Å². The highest BCUT2D eigenvalue weighted by Crippen LogP contribution is 2.31. The van der Waals surface area contributed by atoms with Gasteiger partial charge in [0, 0.05) is 23.0 Å². The van der Waals surface area contributed by atoms with Gasteiger partial charge in [-0.3, -0.25) is 4.79 Å². The summed E-state index contributed by atoms with van der Waals surface area (Å²) in [5.74, 6) is 0.964. The highest BCUT2D eigenvalue weighted by molar-refractivity contribution is 5.95. The minimum Gasteiger partial charge on any atom is -0.361 e. The lowest BCUT2D eigenvalue weighted by atomic mass is 9.87. The van der Waals surface area contributed by atoms with Crippen molar-refractivity contribution >= 4 is 22.6 Å². The molecule has 1 aliphatic rings. The Kier molecular flexibility index (Phi) is 4.46. The third kappa shape index (κ3) is 3.55. The Morgan fingerprint density at radius 3 is 2.72 bits per heavy atom. The minimum atomic E-state index is -0.0792. The largest absolute Gasteiger partial charge is 0.361 e. The standard InChI is InChI=1S/C20H22N4O/c25-20(12-15-13-21-18-9-5-4-8-16(15)18)22-19-11-10-17(23-24-19)14-6-2-1-3-7-14/h4-5,8-11,13-14,21H,1-3,6-7,12H2,(H,22,24,25). The van der Waals surface area contributed by atoms with Crippen LogP contribution in [-0.2, 0) is 11.2 Å². The molecule has 1 aliphatic carbocycles. The van der Waals surface area contributed by atoms with Gasteiger partial charge in [0.15, 0.2) is 5.82 Å². The number of hydrogen-bond donors (Lipinski definition) is 2. The van der Waals surface area contributed by atoms with Gasteiger partial charge < -0.3 is 10.3 Å². The Morgan fingerprint density at radius 2 is 1.92 bits per heavy atom. The fraction of sp³-hybridized carbons (Fsp3) is 0.350. The molecule has 4 rings (SSSR count). The predicted molar refractivity (Wildman–Crippen MR) is 98.5 cm³/mol. The number of hydrogen-bond acceptors (Lipinski definition) is 3. The molecular weight excluding hydrogens is 312 g/mol. The van der Waals surface area contributed by atoms with Crippen molar-refractivity contribution in [3.05, 3.63) is 53.9 Å². The van der Waals surface area contributed by atoms with Crippen molar-refractivity contribution in [3.8, 4) is 0 Å². The first kappa shape index (κ1) is 15.8. The van der Waals surface area contributed by atoms with E-state index in [9.17, 15) is 4.79 Å². The normalized spacial score (nSPS) is 15.4. The van der Waals surface area contributed by atoms with Crippen LogP contribution in [0.3, 0.4) is 0 Å². The second kappa shape index (κ2) is 7.05. The van der Waals surface area contributed by atoms with Crippen LogP contribution in [0.2, 0.25) is 0 Å². The van der Waals surface area contributed by atoms with E-state index in [-0.39, 0.29) is 5.91 Å². The maximum absolute atomic E-state index is 12.3. The maximum atomic E-state index is 12.3. The Morgan fingerprint density at radius 1 is 1.08 bits per heavy atom. The Balaban J connectivity index is 1.40. The summed E-state index contributed by atoms with van der Waals surface area (Å²) in [6, 6.07) is 11.9. The molecule has 25 heavy (non-hydrogen) atoms. The number of aromatic nitrogens is 3. The van der Waals surface area contributed by atoms with Gasteiger partial charge in [-0.25, -0.2) is 0 Å². The lowest BCUT2D eigenvalue weighted by Gasteiger charge is -2.20. The lowest BCUT2D eigenvalue weighted by Crippen LogP contribution is -2.16. The summed E-state index contributed by atoms with van der Waals surface area (Å²) in [4.78, 5) is 15.5. The number of para-hydroxylation sites is 1. The van der Waals surface area contributed by atoms with E-state index >= 15 is 0 Å². The molecule has 128 valence electrons. The molecule has 0 bridgehead atoms. The quantitative estimate of drug-likeness (QED) is 0.751. The summed E-state index contributed by atoms with van der Waals surface area (Å²) in [5, 5.41) is 12.5. The molecule has 0 radical (unpaired) electrons. The molecule has 0 spiro atoms. The number of carbonyl (C=O) groups excluding carboxylic acids is 1. The van der Waals surface area contributed by atoms with E-state index in [0.717, 1.165) is 22.2 Å². The maximum Gasteiger partial charge on any atom is 0.230 e. The molecular formula is C20H22N4O. The van der Waals surface area contributed by atoms with E-state index in [1.165, 1.54) is 32.1 Å². The van der Waals surface area contributed by atoms with E-state index in [2.05, 4.69) is 20.5 Å². The Labute approximate surface area is 146 Å². The summed E-state index contributed by atoms with van der Waals surface area (Å²) in [7, 11) is 0. The van der Waals surface area contributed by atoms with Crippen LogP contribution < -0.4 is 5.32 Å². The molecule has 0 atom stereocenters. The van der Waals surface area contributed by atoms with Crippen LogP contribution in [0.1, 0.15) is 49.3 Å². The van der Waals surface area contributed by atoms with Crippen molar-refractivity contribution in [2.24, 2.45) is 0 Å². The van der Waals surface area contributed by atoms with Crippen LogP contribution >= 0.6 is 0 Å². The summed E-state index contributed by atoms with van der Waals surface area (Å²) in [6.07, 6.45) is 8.47. The minimum absolute atomic E-state index is 0.0792. The molecule has 5 nitrogen and oxygen atoms in total. The molecule has 2 heterocycles. The first-order chi connectivity index (χ1) is 12.3. The molecule has 1 saturated carbocycles.